The molecule has 0 spiro atoms. The SMILES string of the molecule is O=C(Oc1cccc(Cn2c(=O)n(CCc3ccccc3)c(=O)c3ccccc32)c1)C(F)F. The lowest BCUT2D eigenvalue weighted by Gasteiger charge is -2.15. The highest BCUT2D eigenvalue weighted by Crippen LogP contribution is 2.17. The van der Waals surface area contributed by atoms with E-state index in [4.69, 9.17) is 0 Å². The lowest BCUT2D eigenvalue weighted by Crippen LogP contribution is -2.40. The summed E-state index contributed by atoms with van der Waals surface area (Å²) < 4.78 is 32.4. The van der Waals surface area contributed by atoms with Crippen LogP contribution in [0.2, 0.25) is 0 Å². The van der Waals surface area contributed by atoms with E-state index in [-0.39, 0.29) is 24.4 Å². The maximum atomic E-state index is 13.3. The fraction of sp³-hybridized carbons (Fsp3) is 0.160. The van der Waals surface area contributed by atoms with Gasteiger partial charge in [-0.25, -0.2) is 9.59 Å². The van der Waals surface area contributed by atoms with Gasteiger partial charge in [0.25, 0.3) is 5.56 Å². The molecule has 0 unspecified atom stereocenters. The summed E-state index contributed by atoms with van der Waals surface area (Å²) in [5.41, 5.74) is 1.15. The van der Waals surface area contributed by atoms with E-state index in [2.05, 4.69) is 4.74 Å². The van der Waals surface area contributed by atoms with Gasteiger partial charge in [0.2, 0.25) is 0 Å². The summed E-state index contributed by atoms with van der Waals surface area (Å²) in [7, 11) is 0. The molecule has 4 aromatic rings. The molecule has 0 aliphatic carbocycles. The first-order chi connectivity index (χ1) is 15.9. The normalized spacial score (nSPS) is 11.1. The summed E-state index contributed by atoms with van der Waals surface area (Å²) in [6.45, 7) is 0.267. The number of hydrogen-bond acceptors (Lipinski definition) is 4. The number of halogens is 2. The minimum atomic E-state index is -3.24. The van der Waals surface area contributed by atoms with Crippen molar-refractivity contribution in [2.24, 2.45) is 0 Å². The average Bonchev–Trinajstić information content (AvgIpc) is 2.82. The molecular formula is C25H20F2N2O4. The molecule has 3 aromatic carbocycles. The Balaban J connectivity index is 1.72. The van der Waals surface area contributed by atoms with Crippen LogP contribution in [0.4, 0.5) is 8.78 Å². The van der Waals surface area contributed by atoms with Crippen LogP contribution in [0.25, 0.3) is 10.9 Å². The minimum Gasteiger partial charge on any atom is -0.422 e. The number of benzene rings is 3. The number of rotatable bonds is 7. The molecule has 0 N–H and O–H groups in total. The zero-order valence-corrected chi connectivity index (χ0v) is 17.5. The molecule has 4 rings (SSSR count). The molecule has 0 bridgehead atoms. The predicted molar refractivity (Wildman–Crippen MR) is 120 cm³/mol. The molecule has 6 nitrogen and oxygen atoms in total. The number of aromatic nitrogens is 2. The monoisotopic (exact) mass is 450 g/mol. The Morgan fingerprint density at radius 3 is 2.30 bits per heavy atom. The first-order valence-corrected chi connectivity index (χ1v) is 10.3. The number of para-hydroxylation sites is 1. The van der Waals surface area contributed by atoms with E-state index in [1.165, 1.54) is 21.3 Å². The number of carbonyl (C=O) groups is 1. The van der Waals surface area contributed by atoms with Crippen molar-refractivity contribution in [1.29, 1.82) is 0 Å². The first kappa shape index (κ1) is 22.1. The number of hydrogen-bond donors (Lipinski definition) is 0. The van der Waals surface area contributed by atoms with Gasteiger partial charge in [0, 0.05) is 6.54 Å². The molecule has 8 heteroatoms. The Morgan fingerprint density at radius 1 is 0.848 bits per heavy atom. The average molecular weight is 450 g/mol. The van der Waals surface area contributed by atoms with Gasteiger partial charge in [-0.15, -0.1) is 0 Å². The number of ether oxygens (including phenoxy) is 1. The van der Waals surface area contributed by atoms with Gasteiger partial charge in [-0.3, -0.25) is 13.9 Å². The van der Waals surface area contributed by atoms with Crippen molar-refractivity contribution in [1.82, 2.24) is 9.13 Å². The Morgan fingerprint density at radius 2 is 1.55 bits per heavy atom. The van der Waals surface area contributed by atoms with Crippen molar-refractivity contribution in [3.05, 3.63) is 111 Å². The summed E-state index contributed by atoms with van der Waals surface area (Å²) in [6.07, 6.45) is -2.73. The molecule has 168 valence electrons. The van der Waals surface area contributed by atoms with Crippen molar-refractivity contribution >= 4 is 16.9 Å². The third-order valence-corrected chi connectivity index (χ3v) is 5.23. The van der Waals surface area contributed by atoms with Crippen LogP contribution in [0.15, 0.2) is 88.5 Å². The molecule has 0 amide bonds. The maximum Gasteiger partial charge on any atom is 0.379 e. The highest BCUT2D eigenvalue weighted by atomic mass is 19.3. The van der Waals surface area contributed by atoms with Crippen molar-refractivity contribution < 1.29 is 18.3 Å². The molecule has 0 saturated heterocycles. The van der Waals surface area contributed by atoms with E-state index < -0.39 is 18.1 Å². The van der Waals surface area contributed by atoms with Crippen molar-refractivity contribution in [2.75, 3.05) is 0 Å². The summed E-state index contributed by atoms with van der Waals surface area (Å²) in [4.78, 5) is 37.6. The summed E-state index contributed by atoms with van der Waals surface area (Å²) in [5, 5.41) is 0.394. The second-order valence-corrected chi connectivity index (χ2v) is 7.45. The van der Waals surface area contributed by atoms with Crippen molar-refractivity contribution in [3.8, 4) is 5.75 Å². The molecule has 1 heterocycles. The van der Waals surface area contributed by atoms with Crippen LogP contribution in [0.1, 0.15) is 11.1 Å². The van der Waals surface area contributed by atoms with Crippen LogP contribution in [0.5, 0.6) is 5.75 Å². The standard InChI is InChI=1S/C25H20F2N2O4/c26-22(27)24(31)33-19-10-6-9-18(15-19)16-29-21-12-5-4-11-20(21)23(30)28(25(29)32)14-13-17-7-2-1-3-8-17/h1-12,15,22H,13-14,16H2. The smallest absolute Gasteiger partial charge is 0.379 e. The zero-order chi connectivity index (χ0) is 23.4. The Hall–Kier alpha value is -4.07. The van der Waals surface area contributed by atoms with Crippen LogP contribution in [-0.4, -0.2) is 21.5 Å². The predicted octanol–water partition coefficient (Wildman–Crippen LogP) is 3.62. The fourth-order valence-electron chi connectivity index (χ4n) is 3.66. The molecule has 0 fully saturated rings. The van der Waals surface area contributed by atoms with Gasteiger partial charge in [0.15, 0.2) is 0 Å². The van der Waals surface area contributed by atoms with Crippen molar-refractivity contribution in [3.63, 3.8) is 0 Å². The van der Waals surface area contributed by atoms with Gasteiger partial charge in [0.1, 0.15) is 5.75 Å². The van der Waals surface area contributed by atoms with Gasteiger partial charge in [-0.2, -0.15) is 8.78 Å². The number of nitrogens with zero attached hydrogens (tertiary/aromatic N) is 2. The Kier molecular flexibility index (Phi) is 6.44. The van der Waals surface area contributed by atoms with Crippen LogP contribution in [-0.2, 0) is 24.3 Å². The van der Waals surface area contributed by atoms with E-state index in [0.29, 0.717) is 22.9 Å². The summed E-state index contributed by atoms with van der Waals surface area (Å²) in [6, 6.07) is 22.4. The molecule has 0 aliphatic heterocycles. The number of esters is 1. The third kappa shape index (κ3) is 4.90. The van der Waals surface area contributed by atoms with Gasteiger partial charge in [0.05, 0.1) is 17.4 Å². The number of aryl methyl sites for hydroxylation is 1. The molecule has 0 atom stereocenters. The minimum absolute atomic E-state index is 0.0486. The van der Waals surface area contributed by atoms with Gasteiger partial charge in [-0.05, 0) is 41.8 Å². The quantitative estimate of drug-likeness (QED) is 0.319. The lowest BCUT2D eigenvalue weighted by molar-refractivity contribution is -0.146. The number of carbonyl (C=O) groups excluding carboxylic acids is 1. The Bertz CT molecular complexity index is 1410. The molecule has 1 aromatic heterocycles. The zero-order valence-electron chi connectivity index (χ0n) is 17.5. The second kappa shape index (κ2) is 9.60. The third-order valence-electron chi connectivity index (χ3n) is 5.23. The molecule has 0 saturated carbocycles. The van der Waals surface area contributed by atoms with E-state index in [9.17, 15) is 23.2 Å². The Labute approximate surface area is 187 Å². The van der Waals surface area contributed by atoms with Crippen LogP contribution >= 0.6 is 0 Å². The van der Waals surface area contributed by atoms with Crippen LogP contribution in [0, 0.1) is 0 Å². The number of alkyl halides is 2. The van der Waals surface area contributed by atoms with Crippen LogP contribution < -0.4 is 16.0 Å². The maximum absolute atomic E-state index is 13.3. The van der Waals surface area contributed by atoms with Gasteiger partial charge < -0.3 is 4.74 Å². The topological polar surface area (TPSA) is 70.3 Å². The molecule has 0 radical (unpaired) electrons. The molecule has 33 heavy (non-hydrogen) atoms. The van der Waals surface area contributed by atoms with Gasteiger partial charge >= 0.3 is 18.1 Å². The number of fused-ring (bicyclic) bond motifs is 1. The molecule has 0 aliphatic rings. The molecular weight excluding hydrogens is 430 g/mol. The summed E-state index contributed by atoms with van der Waals surface area (Å²) in [5.74, 6) is -1.70. The van der Waals surface area contributed by atoms with Gasteiger partial charge in [-0.1, -0.05) is 54.6 Å². The second-order valence-electron chi connectivity index (χ2n) is 7.45. The van der Waals surface area contributed by atoms with E-state index in [0.717, 1.165) is 5.56 Å². The largest absolute Gasteiger partial charge is 0.422 e. The highest BCUT2D eigenvalue weighted by Gasteiger charge is 2.18. The summed E-state index contributed by atoms with van der Waals surface area (Å²) >= 11 is 0. The van der Waals surface area contributed by atoms with E-state index in [1.807, 2.05) is 30.3 Å². The van der Waals surface area contributed by atoms with Crippen LogP contribution in [0.3, 0.4) is 0 Å². The highest BCUT2D eigenvalue weighted by molar-refractivity contribution is 5.78. The lowest BCUT2D eigenvalue weighted by atomic mass is 10.1. The van der Waals surface area contributed by atoms with Crippen molar-refractivity contribution in [2.45, 2.75) is 25.9 Å². The fourth-order valence-corrected chi connectivity index (χ4v) is 3.66. The first-order valence-electron chi connectivity index (χ1n) is 10.3. The van der Waals surface area contributed by atoms with E-state index >= 15 is 0 Å². The van der Waals surface area contributed by atoms with E-state index in [1.54, 1.807) is 36.4 Å².